The fraction of sp³-hybridized carbons (Fsp3) is 0.500. The Labute approximate surface area is 82.9 Å². The van der Waals surface area contributed by atoms with Crippen LogP contribution in [-0.4, -0.2) is 31.1 Å². The summed E-state index contributed by atoms with van der Waals surface area (Å²) in [7, 11) is -3.45. The van der Waals surface area contributed by atoms with E-state index in [9.17, 15) is 8.42 Å². The van der Waals surface area contributed by atoms with Gasteiger partial charge in [-0.3, -0.25) is 0 Å². The van der Waals surface area contributed by atoms with Crippen LogP contribution < -0.4 is 4.72 Å². The molecule has 0 aliphatic carbocycles. The Kier molecular flexibility index (Phi) is 2.13. The average molecular weight is 216 g/mol. The summed E-state index contributed by atoms with van der Waals surface area (Å²) in [6.07, 6.45) is 2.98. The second-order valence-corrected chi connectivity index (χ2v) is 5.25. The smallest absolute Gasteiger partial charge is 0.305 e. The van der Waals surface area contributed by atoms with Crippen molar-refractivity contribution in [1.82, 2.24) is 8.69 Å². The standard InChI is InChI=1S/C8H12N2O3S/c1-8(6-13-7-8)9-14(11,12)10-4-2-3-5-10/h2-5,9H,6-7H2,1H3. The molecule has 0 aromatic carbocycles. The van der Waals surface area contributed by atoms with E-state index in [1.807, 2.05) is 6.92 Å². The lowest BCUT2D eigenvalue weighted by atomic mass is 10.0. The quantitative estimate of drug-likeness (QED) is 0.771. The Bertz CT molecular complexity index is 406. The highest BCUT2D eigenvalue weighted by molar-refractivity contribution is 7.88. The molecule has 1 aliphatic rings. The SMILES string of the molecule is CC1(NS(=O)(=O)n2cccc2)COC1. The van der Waals surface area contributed by atoms with Crippen molar-refractivity contribution in [2.45, 2.75) is 12.5 Å². The van der Waals surface area contributed by atoms with Crippen LogP contribution in [0.4, 0.5) is 0 Å². The minimum Gasteiger partial charge on any atom is -0.377 e. The molecule has 14 heavy (non-hydrogen) atoms. The zero-order valence-electron chi connectivity index (χ0n) is 7.80. The van der Waals surface area contributed by atoms with Crippen molar-refractivity contribution in [1.29, 1.82) is 0 Å². The predicted molar refractivity (Wildman–Crippen MR) is 51.1 cm³/mol. The van der Waals surface area contributed by atoms with Crippen LogP contribution in [0.3, 0.4) is 0 Å². The van der Waals surface area contributed by atoms with Crippen LogP contribution in [0.15, 0.2) is 24.5 Å². The van der Waals surface area contributed by atoms with Crippen molar-refractivity contribution in [2.75, 3.05) is 13.2 Å². The normalized spacial score (nSPS) is 20.4. The highest BCUT2D eigenvalue weighted by atomic mass is 32.2. The van der Waals surface area contributed by atoms with Gasteiger partial charge in [0.2, 0.25) is 0 Å². The molecular formula is C8H12N2O3S. The van der Waals surface area contributed by atoms with E-state index in [1.165, 1.54) is 12.4 Å². The number of rotatable bonds is 3. The summed E-state index contributed by atoms with van der Waals surface area (Å²) in [5.41, 5.74) is -0.455. The topological polar surface area (TPSA) is 60.3 Å². The summed E-state index contributed by atoms with van der Waals surface area (Å²) >= 11 is 0. The van der Waals surface area contributed by atoms with Crippen molar-refractivity contribution in [3.8, 4) is 0 Å². The van der Waals surface area contributed by atoms with Crippen LogP contribution in [0.2, 0.25) is 0 Å². The Morgan fingerprint density at radius 1 is 1.36 bits per heavy atom. The first-order valence-electron chi connectivity index (χ1n) is 4.27. The lowest BCUT2D eigenvalue weighted by Gasteiger charge is -2.38. The first-order chi connectivity index (χ1) is 6.52. The first kappa shape index (κ1) is 9.70. The zero-order chi connectivity index (χ0) is 10.2. The lowest BCUT2D eigenvalue weighted by molar-refractivity contribution is -0.0524. The minimum absolute atomic E-state index is 0.424. The molecule has 0 unspecified atom stereocenters. The molecule has 0 amide bonds. The summed E-state index contributed by atoms with van der Waals surface area (Å²) in [5, 5.41) is 0. The van der Waals surface area contributed by atoms with Crippen LogP contribution in [0.1, 0.15) is 6.92 Å². The molecule has 0 spiro atoms. The molecular weight excluding hydrogens is 204 g/mol. The Hall–Kier alpha value is -0.850. The van der Waals surface area contributed by atoms with E-state index in [2.05, 4.69) is 4.72 Å². The number of nitrogens with zero attached hydrogens (tertiary/aromatic N) is 1. The van der Waals surface area contributed by atoms with Gasteiger partial charge >= 0.3 is 10.2 Å². The maximum absolute atomic E-state index is 11.7. The molecule has 0 radical (unpaired) electrons. The Morgan fingerprint density at radius 2 is 1.93 bits per heavy atom. The molecule has 1 fully saturated rings. The third kappa shape index (κ3) is 1.68. The van der Waals surface area contributed by atoms with Crippen molar-refractivity contribution < 1.29 is 13.2 Å². The van der Waals surface area contributed by atoms with Gasteiger partial charge in [0.25, 0.3) is 0 Å². The molecule has 78 valence electrons. The largest absolute Gasteiger partial charge is 0.377 e. The fourth-order valence-electron chi connectivity index (χ4n) is 1.31. The summed E-state index contributed by atoms with van der Waals surface area (Å²) < 4.78 is 32.1. The van der Waals surface area contributed by atoms with Gasteiger partial charge in [-0.15, -0.1) is 0 Å². The molecule has 1 aromatic heterocycles. The van der Waals surface area contributed by atoms with Crippen molar-refractivity contribution >= 4 is 10.2 Å². The third-order valence-electron chi connectivity index (χ3n) is 2.07. The highest BCUT2D eigenvalue weighted by Gasteiger charge is 2.37. The predicted octanol–water partition coefficient (Wildman–Crippen LogP) is -0.0405. The molecule has 1 aromatic rings. The van der Waals surface area contributed by atoms with Crippen LogP contribution in [0, 0.1) is 0 Å². The lowest BCUT2D eigenvalue weighted by Crippen LogP contribution is -2.60. The highest BCUT2D eigenvalue weighted by Crippen LogP contribution is 2.17. The van der Waals surface area contributed by atoms with Crippen molar-refractivity contribution in [2.24, 2.45) is 0 Å². The third-order valence-corrected chi connectivity index (χ3v) is 3.62. The average Bonchev–Trinajstić information content (AvgIpc) is 2.52. The summed E-state index contributed by atoms with van der Waals surface area (Å²) in [6.45, 7) is 2.67. The van der Waals surface area contributed by atoms with Gasteiger partial charge in [0.15, 0.2) is 0 Å². The van der Waals surface area contributed by atoms with Gasteiger partial charge in [-0.2, -0.15) is 13.1 Å². The molecule has 0 atom stereocenters. The maximum Gasteiger partial charge on any atom is 0.305 e. The number of aromatic nitrogens is 1. The van der Waals surface area contributed by atoms with Gasteiger partial charge in [0.05, 0.1) is 18.8 Å². The van der Waals surface area contributed by atoms with Crippen LogP contribution >= 0.6 is 0 Å². The van der Waals surface area contributed by atoms with Gasteiger partial charge in [-0.1, -0.05) is 0 Å². The Morgan fingerprint density at radius 3 is 2.36 bits per heavy atom. The van der Waals surface area contributed by atoms with Crippen LogP contribution in [-0.2, 0) is 14.9 Å². The summed E-state index contributed by atoms with van der Waals surface area (Å²) in [5.74, 6) is 0. The van der Waals surface area contributed by atoms with Gasteiger partial charge in [-0.25, -0.2) is 3.97 Å². The second kappa shape index (κ2) is 3.08. The van der Waals surface area contributed by atoms with E-state index in [0.29, 0.717) is 13.2 Å². The molecule has 2 rings (SSSR count). The van der Waals surface area contributed by atoms with Gasteiger partial charge in [0.1, 0.15) is 0 Å². The number of hydrogen-bond donors (Lipinski definition) is 1. The molecule has 1 saturated heterocycles. The fourth-order valence-corrected chi connectivity index (χ4v) is 2.62. The summed E-state index contributed by atoms with van der Waals surface area (Å²) in [4.78, 5) is 0. The molecule has 2 heterocycles. The molecule has 1 N–H and O–H groups in total. The number of ether oxygens (including phenoxy) is 1. The van der Waals surface area contributed by atoms with Crippen molar-refractivity contribution in [3.63, 3.8) is 0 Å². The molecule has 0 saturated carbocycles. The van der Waals surface area contributed by atoms with Gasteiger partial charge in [-0.05, 0) is 19.1 Å². The van der Waals surface area contributed by atoms with E-state index in [1.54, 1.807) is 12.1 Å². The van der Waals surface area contributed by atoms with Gasteiger partial charge < -0.3 is 4.74 Å². The maximum atomic E-state index is 11.7. The molecule has 5 nitrogen and oxygen atoms in total. The van der Waals surface area contributed by atoms with E-state index in [0.717, 1.165) is 3.97 Å². The molecule has 0 bridgehead atoms. The van der Waals surface area contributed by atoms with Crippen molar-refractivity contribution in [3.05, 3.63) is 24.5 Å². The van der Waals surface area contributed by atoms with Gasteiger partial charge in [0, 0.05) is 12.4 Å². The Balaban J connectivity index is 2.18. The summed E-state index contributed by atoms with van der Waals surface area (Å²) in [6, 6.07) is 3.33. The number of hydrogen-bond acceptors (Lipinski definition) is 3. The van der Waals surface area contributed by atoms with E-state index in [-0.39, 0.29) is 0 Å². The first-order valence-corrected chi connectivity index (χ1v) is 5.71. The van der Waals surface area contributed by atoms with E-state index in [4.69, 9.17) is 4.74 Å². The van der Waals surface area contributed by atoms with E-state index < -0.39 is 15.7 Å². The van der Waals surface area contributed by atoms with E-state index >= 15 is 0 Å². The van der Waals surface area contributed by atoms with Crippen LogP contribution in [0.5, 0.6) is 0 Å². The van der Waals surface area contributed by atoms with Crippen LogP contribution in [0.25, 0.3) is 0 Å². The monoisotopic (exact) mass is 216 g/mol. The molecule has 1 aliphatic heterocycles. The zero-order valence-corrected chi connectivity index (χ0v) is 8.62. The minimum atomic E-state index is -3.45. The molecule has 6 heteroatoms. The second-order valence-electron chi connectivity index (χ2n) is 3.67. The number of nitrogens with one attached hydrogen (secondary N) is 1.